The molecule has 1 rings (SSSR count). The SMILES string of the molecule is O=CC1([N+](=O)[O-])N=CC=N1. The van der Waals surface area contributed by atoms with Gasteiger partial charge in [-0.05, 0) is 0 Å². The second kappa shape index (κ2) is 1.98. The molecule has 0 radical (unpaired) electrons. The Morgan fingerprint density at radius 3 is 2.20 bits per heavy atom. The maximum Gasteiger partial charge on any atom is 0.468 e. The van der Waals surface area contributed by atoms with Crippen LogP contribution in [0.1, 0.15) is 0 Å². The summed E-state index contributed by atoms with van der Waals surface area (Å²) >= 11 is 0. The van der Waals surface area contributed by atoms with Gasteiger partial charge in [-0.2, -0.15) is 9.98 Å². The summed E-state index contributed by atoms with van der Waals surface area (Å²) in [6.45, 7) is 0. The summed E-state index contributed by atoms with van der Waals surface area (Å²) in [5, 5.41) is 10.1. The number of carbonyl (C=O) groups excluding carboxylic acids is 1. The van der Waals surface area contributed by atoms with Crippen LogP contribution in [0.2, 0.25) is 0 Å². The third-order valence-corrected chi connectivity index (χ3v) is 1.02. The fourth-order valence-electron chi connectivity index (χ4n) is 0.518. The lowest BCUT2D eigenvalue weighted by molar-refractivity contribution is -0.544. The van der Waals surface area contributed by atoms with E-state index in [1.165, 1.54) is 0 Å². The Hall–Kier alpha value is -1.59. The fourth-order valence-corrected chi connectivity index (χ4v) is 0.518. The summed E-state index contributed by atoms with van der Waals surface area (Å²) < 4.78 is 0. The van der Waals surface area contributed by atoms with Crippen LogP contribution in [-0.4, -0.2) is 29.4 Å². The number of hydrogen-bond acceptors (Lipinski definition) is 5. The molecule has 0 saturated heterocycles. The molecule has 0 aromatic carbocycles. The van der Waals surface area contributed by atoms with Crippen molar-refractivity contribution in [3.63, 3.8) is 0 Å². The zero-order valence-electron chi connectivity index (χ0n) is 4.80. The highest BCUT2D eigenvalue weighted by Gasteiger charge is 2.43. The van der Waals surface area contributed by atoms with E-state index >= 15 is 0 Å². The van der Waals surface area contributed by atoms with Crippen molar-refractivity contribution in [2.24, 2.45) is 9.98 Å². The van der Waals surface area contributed by atoms with Crippen LogP contribution in [0.5, 0.6) is 0 Å². The molecule has 52 valence electrons. The molecule has 0 N–H and O–H groups in total. The smallest absolute Gasteiger partial charge is 0.290 e. The third-order valence-electron chi connectivity index (χ3n) is 1.02. The molecule has 6 nitrogen and oxygen atoms in total. The van der Waals surface area contributed by atoms with Gasteiger partial charge in [0, 0.05) is 12.4 Å². The first-order valence-corrected chi connectivity index (χ1v) is 2.41. The van der Waals surface area contributed by atoms with E-state index < -0.39 is 10.7 Å². The highest BCUT2D eigenvalue weighted by molar-refractivity contribution is 6.18. The molecule has 1 heterocycles. The molecule has 0 aromatic rings. The molecule has 0 spiro atoms. The zero-order valence-corrected chi connectivity index (χ0v) is 4.80. The highest BCUT2D eigenvalue weighted by atomic mass is 16.6. The van der Waals surface area contributed by atoms with E-state index in [4.69, 9.17) is 0 Å². The third kappa shape index (κ3) is 0.697. The Balaban J connectivity index is 3.01. The molecule has 0 amide bonds. The molecule has 0 fully saturated rings. The molecule has 10 heavy (non-hydrogen) atoms. The summed E-state index contributed by atoms with van der Waals surface area (Å²) in [7, 11) is 0. The van der Waals surface area contributed by atoms with E-state index in [1.807, 2.05) is 0 Å². The highest BCUT2D eigenvalue weighted by Crippen LogP contribution is 2.12. The Bertz CT molecular complexity index is 220. The van der Waals surface area contributed by atoms with Crippen molar-refractivity contribution in [3.8, 4) is 0 Å². The number of nitrogens with zero attached hydrogens (tertiary/aromatic N) is 3. The molecule has 1 aliphatic heterocycles. The predicted molar refractivity (Wildman–Crippen MR) is 32.8 cm³/mol. The molecule has 0 aromatic heterocycles. The summed E-state index contributed by atoms with van der Waals surface area (Å²) in [5.41, 5.74) is 0. The average molecular weight is 141 g/mol. The van der Waals surface area contributed by atoms with Crippen LogP contribution < -0.4 is 0 Å². The largest absolute Gasteiger partial charge is 0.468 e. The molecule has 0 atom stereocenters. The van der Waals surface area contributed by atoms with E-state index in [-0.39, 0.29) is 6.29 Å². The van der Waals surface area contributed by atoms with Crippen LogP contribution in [0, 0.1) is 10.1 Å². The van der Waals surface area contributed by atoms with Crippen molar-refractivity contribution in [3.05, 3.63) is 10.1 Å². The number of aliphatic imine (C=N–C) groups is 2. The van der Waals surface area contributed by atoms with Crippen molar-refractivity contribution >= 4 is 18.7 Å². The van der Waals surface area contributed by atoms with E-state index in [2.05, 4.69) is 9.98 Å². The second-order valence-corrected chi connectivity index (χ2v) is 1.62. The fraction of sp³-hybridized carbons (Fsp3) is 0.250. The van der Waals surface area contributed by atoms with Crippen LogP contribution in [0.25, 0.3) is 0 Å². The Morgan fingerprint density at radius 1 is 1.50 bits per heavy atom. The van der Waals surface area contributed by atoms with E-state index in [0.717, 1.165) is 12.4 Å². The lowest BCUT2D eigenvalue weighted by Gasteiger charge is -2.02. The van der Waals surface area contributed by atoms with E-state index in [0.29, 0.717) is 0 Å². The number of aldehydes is 1. The minimum absolute atomic E-state index is 0.0903. The lowest BCUT2D eigenvalue weighted by Crippen LogP contribution is -2.33. The van der Waals surface area contributed by atoms with E-state index in [9.17, 15) is 14.9 Å². The van der Waals surface area contributed by atoms with Crippen LogP contribution in [0.15, 0.2) is 9.98 Å². The average Bonchev–Trinajstić information content (AvgIpc) is 2.35. The topological polar surface area (TPSA) is 84.9 Å². The monoisotopic (exact) mass is 141 g/mol. The summed E-state index contributed by atoms with van der Waals surface area (Å²) in [5.74, 6) is -2.08. The molecule has 0 aliphatic carbocycles. The Kier molecular flexibility index (Phi) is 1.29. The van der Waals surface area contributed by atoms with Crippen molar-refractivity contribution in [2.45, 2.75) is 5.79 Å². The van der Waals surface area contributed by atoms with Gasteiger partial charge in [-0.25, -0.2) is 0 Å². The van der Waals surface area contributed by atoms with Gasteiger partial charge in [0.05, 0.1) is 4.92 Å². The van der Waals surface area contributed by atoms with Gasteiger partial charge in [0.1, 0.15) is 0 Å². The predicted octanol–water partition coefficient (Wildman–Crippen LogP) is -0.729. The number of nitro groups is 1. The quantitative estimate of drug-likeness (QED) is 0.288. The minimum Gasteiger partial charge on any atom is -0.290 e. The van der Waals surface area contributed by atoms with E-state index in [1.54, 1.807) is 0 Å². The minimum atomic E-state index is -2.08. The van der Waals surface area contributed by atoms with Gasteiger partial charge in [-0.15, -0.1) is 0 Å². The summed E-state index contributed by atoms with van der Waals surface area (Å²) in [6, 6.07) is 0. The van der Waals surface area contributed by atoms with Crippen molar-refractivity contribution in [2.75, 3.05) is 0 Å². The van der Waals surface area contributed by atoms with Gasteiger partial charge in [-0.3, -0.25) is 14.9 Å². The van der Waals surface area contributed by atoms with Gasteiger partial charge >= 0.3 is 5.79 Å². The normalized spacial score (nSPS) is 19.2. The first-order valence-electron chi connectivity index (χ1n) is 2.41. The maximum atomic E-state index is 10.1. The van der Waals surface area contributed by atoms with Gasteiger partial charge in [0.15, 0.2) is 0 Å². The number of carbonyl (C=O) groups is 1. The number of rotatable bonds is 2. The van der Waals surface area contributed by atoms with Gasteiger partial charge in [0.25, 0.3) is 0 Å². The van der Waals surface area contributed by atoms with Crippen molar-refractivity contribution in [1.29, 1.82) is 0 Å². The van der Waals surface area contributed by atoms with Crippen molar-refractivity contribution in [1.82, 2.24) is 0 Å². The second-order valence-electron chi connectivity index (χ2n) is 1.62. The molecule has 6 heteroatoms. The van der Waals surface area contributed by atoms with Crippen LogP contribution in [-0.2, 0) is 4.79 Å². The van der Waals surface area contributed by atoms with Crippen LogP contribution in [0.4, 0.5) is 0 Å². The zero-order chi connectivity index (χ0) is 7.61. The molecular formula is C4H3N3O3. The lowest BCUT2D eigenvalue weighted by atomic mass is 10.4. The van der Waals surface area contributed by atoms with Gasteiger partial charge in [-0.1, -0.05) is 0 Å². The Morgan fingerprint density at radius 2 is 2.00 bits per heavy atom. The summed E-state index contributed by atoms with van der Waals surface area (Å²) in [4.78, 5) is 25.9. The van der Waals surface area contributed by atoms with Crippen molar-refractivity contribution < 1.29 is 9.72 Å². The maximum absolute atomic E-state index is 10.1. The Labute approximate surface area is 55.4 Å². The molecule has 0 bridgehead atoms. The first kappa shape index (κ1) is 6.53. The molecule has 0 unspecified atom stereocenters. The molecule has 0 saturated carbocycles. The van der Waals surface area contributed by atoms with Gasteiger partial charge in [0.2, 0.25) is 6.29 Å². The van der Waals surface area contributed by atoms with Crippen LogP contribution in [0.3, 0.4) is 0 Å². The van der Waals surface area contributed by atoms with Gasteiger partial charge < -0.3 is 0 Å². The standard InChI is InChI=1S/C4H3N3O3/c8-3-4(7(9)10)5-1-2-6-4/h1-3H. The first-order chi connectivity index (χ1) is 4.71. The molecule has 1 aliphatic rings. The molecular weight excluding hydrogens is 138 g/mol. The van der Waals surface area contributed by atoms with Crippen LogP contribution >= 0.6 is 0 Å². The summed E-state index contributed by atoms with van der Waals surface area (Å²) in [6.07, 6.45) is 2.33. The number of hydrogen-bond donors (Lipinski definition) is 0.